The Morgan fingerprint density at radius 1 is 0.742 bits per heavy atom. The molecule has 0 saturated heterocycles. The van der Waals surface area contributed by atoms with E-state index < -0.39 is 18.2 Å². The molecule has 0 amide bonds. The van der Waals surface area contributed by atoms with Crippen molar-refractivity contribution in [1.29, 1.82) is 0 Å². The van der Waals surface area contributed by atoms with Crippen molar-refractivity contribution >= 4 is 11.8 Å². The first-order valence-electron chi connectivity index (χ1n) is 9.69. The van der Waals surface area contributed by atoms with E-state index >= 15 is 0 Å². The van der Waals surface area contributed by atoms with Crippen molar-refractivity contribution in [2.24, 2.45) is 0 Å². The van der Waals surface area contributed by atoms with Gasteiger partial charge in [-0.3, -0.25) is 4.79 Å². The van der Waals surface area contributed by atoms with E-state index in [0.717, 1.165) is 0 Å². The molecule has 3 rings (SSSR count). The van der Waals surface area contributed by atoms with Crippen molar-refractivity contribution in [2.45, 2.75) is 12.2 Å². The van der Waals surface area contributed by atoms with Gasteiger partial charge in [-0.15, -0.1) is 0 Å². The second-order valence-corrected chi connectivity index (χ2v) is 6.71. The van der Waals surface area contributed by atoms with Gasteiger partial charge in [0.15, 0.2) is 12.1 Å². The smallest absolute Gasteiger partial charge is 0.343 e. The lowest BCUT2D eigenvalue weighted by molar-refractivity contribution is -0.110. The quantitative estimate of drug-likeness (QED) is 0.220. The summed E-state index contributed by atoms with van der Waals surface area (Å²) in [6.45, 7) is 0. The SMILES string of the molecule is COc1ccc(C(C(=O)c2ccccc2OC(=O)c2ccccc2)C(OC)OC)cc1. The van der Waals surface area contributed by atoms with Gasteiger partial charge in [0, 0.05) is 14.2 Å². The Balaban J connectivity index is 1.97. The first-order chi connectivity index (χ1) is 15.1. The largest absolute Gasteiger partial charge is 0.497 e. The van der Waals surface area contributed by atoms with E-state index in [1.54, 1.807) is 79.9 Å². The summed E-state index contributed by atoms with van der Waals surface area (Å²) in [6.07, 6.45) is -0.834. The molecule has 3 aromatic rings. The number of rotatable bonds is 9. The number of ketones is 1. The van der Waals surface area contributed by atoms with Crippen LogP contribution in [0.5, 0.6) is 11.5 Å². The maximum atomic E-state index is 13.6. The molecule has 0 fully saturated rings. The van der Waals surface area contributed by atoms with Gasteiger partial charge < -0.3 is 18.9 Å². The molecule has 6 heteroatoms. The molecule has 0 saturated carbocycles. The highest BCUT2D eigenvalue weighted by atomic mass is 16.7. The monoisotopic (exact) mass is 420 g/mol. The number of hydrogen-bond donors (Lipinski definition) is 0. The number of para-hydroxylation sites is 1. The van der Waals surface area contributed by atoms with Crippen LogP contribution < -0.4 is 9.47 Å². The van der Waals surface area contributed by atoms with Crippen LogP contribution in [0.3, 0.4) is 0 Å². The van der Waals surface area contributed by atoms with Crippen LogP contribution in [0.2, 0.25) is 0 Å². The lowest BCUT2D eigenvalue weighted by atomic mass is 9.89. The van der Waals surface area contributed by atoms with Crippen LogP contribution in [0, 0.1) is 0 Å². The summed E-state index contributed by atoms with van der Waals surface area (Å²) in [5.41, 5.74) is 1.33. The highest BCUT2D eigenvalue weighted by Crippen LogP contribution is 2.32. The number of esters is 1. The second-order valence-electron chi connectivity index (χ2n) is 6.71. The molecular weight excluding hydrogens is 396 g/mol. The van der Waals surface area contributed by atoms with Crippen molar-refractivity contribution in [2.75, 3.05) is 21.3 Å². The van der Waals surface area contributed by atoms with Crippen LogP contribution in [-0.4, -0.2) is 39.4 Å². The fourth-order valence-corrected chi connectivity index (χ4v) is 3.27. The summed E-state index contributed by atoms with van der Waals surface area (Å²) < 4.78 is 21.6. The van der Waals surface area contributed by atoms with Crippen molar-refractivity contribution in [1.82, 2.24) is 0 Å². The Bertz CT molecular complexity index is 1010. The van der Waals surface area contributed by atoms with E-state index in [4.69, 9.17) is 18.9 Å². The van der Waals surface area contributed by atoms with Gasteiger partial charge >= 0.3 is 5.97 Å². The van der Waals surface area contributed by atoms with Gasteiger partial charge in [-0.1, -0.05) is 42.5 Å². The van der Waals surface area contributed by atoms with Crippen LogP contribution in [0.1, 0.15) is 32.2 Å². The Morgan fingerprint density at radius 3 is 1.97 bits per heavy atom. The number of carbonyl (C=O) groups is 2. The van der Waals surface area contributed by atoms with Crippen molar-refractivity contribution in [3.63, 3.8) is 0 Å². The maximum Gasteiger partial charge on any atom is 0.343 e. The average Bonchev–Trinajstić information content (AvgIpc) is 2.83. The molecule has 0 bridgehead atoms. The van der Waals surface area contributed by atoms with Gasteiger partial charge in [0.25, 0.3) is 0 Å². The molecule has 0 N–H and O–H groups in total. The molecule has 0 spiro atoms. The molecule has 0 aliphatic carbocycles. The highest BCUT2D eigenvalue weighted by molar-refractivity contribution is 6.04. The average molecular weight is 420 g/mol. The summed E-state index contributed by atoms with van der Waals surface area (Å²) in [4.78, 5) is 26.2. The van der Waals surface area contributed by atoms with Gasteiger partial charge in [0.05, 0.1) is 24.2 Å². The minimum absolute atomic E-state index is 0.172. The third-order valence-corrected chi connectivity index (χ3v) is 4.86. The third-order valence-electron chi connectivity index (χ3n) is 4.86. The van der Waals surface area contributed by atoms with Crippen LogP contribution in [0.25, 0.3) is 0 Å². The molecule has 3 aromatic carbocycles. The third kappa shape index (κ3) is 5.17. The molecule has 160 valence electrons. The summed E-state index contributed by atoms with van der Waals surface area (Å²) in [5, 5.41) is 0. The molecule has 0 aromatic heterocycles. The molecule has 0 radical (unpaired) electrons. The fraction of sp³-hybridized carbons (Fsp3) is 0.200. The van der Waals surface area contributed by atoms with Gasteiger partial charge in [0.2, 0.25) is 0 Å². The standard InChI is InChI=1S/C25H24O6/c1-28-19-15-13-17(14-16-19)22(25(29-2)30-3)23(26)20-11-7-8-12-21(20)31-24(27)18-9-5-4-6-10-18/h4-16,22,25H,1-3H3. The number of Topliss-reactive ketones (excluding diaryl/α,β-unsaturated/α-hetero) is 1. The van der Waals surface area contributed by atoms with Crippen molar-refractivity contribution in [3.05, 3.63) is 95.6 Å². The zero-order valence-corrected chi connectivity index (χ0v) is 17.6. The lowest BCUT2D eigenvalue weighted by Crippen LogP contribution is -2.30. The van der Waals surface area contributed by atoms with E-state index in [9.17, 15) is 9.59 Å². The second kappa shape index (κ2) is 10.5. The molecule has 0 aliphatic heterocycles. The molecule has 0 heterocycles. The minimum Gasteiger partial charge on any atom is -0.497 e. The Kier molecular flexibility index (Phi) is 7.54. The predicted octanol–water partition coefficient (Wildman–Crippen LogP) is 4.50. The van der Waals surface area contributed by atoms with Gasteiger partial charge in [0.1, 0.15) is 11.5 Å². The highest BCUT2D eigenvalue weighted by Gasteiger charge is 2.33. The molecular formula is C25H24O6. The molecule has 0 aliphatic rings. The van der Waals surface area contributed by atoms with Gasteiger partial charge in [-0.05, 0) is 42.0 Å². The predicted molar refractivity (Wildman–Crippen MR) is 116 cm³/mol. The number of methoxy groups -OCH3 is 3. The van der Waals surface area contributed by atoms with Gasteiger partial charge in [-0.2, -0.15) is 0 Å². The summed E-state index contributed by atoms with van der Waals surface area (Å²) >= 11 is 0. The summed E-state index contributed by atoms with van der Waals surface area (Å²) in [7, 11) is 4.51. The van der Waals surface area contributed by atoms with E-state index in [-0.39, 0.29) is 17.1 Å². The zero-order chi connectivity index (χ0) is 22.2. The first-order valence-corrected chi connectivity index (χ1v) is 9.69. The normalized spacial score (nSPS) is 11.7. The summed E-state index contributed by atoms with van der Waals surface area (Å²) in [6, 6.07) is 22.3. The van der Waals surface area contributed by atoms with Crippen molar-refractivity contribution < 1.29 is 28.5 Å². The maximum absolute atomic E-state index is 13.6. The van der Waals surface area contributed by atoms with Crippen LogP contribution in [0.15, 0.2) is 78.9 Å². The van der Waals surface area contributed by atoms with Crippen molar-refractivity contribution in [3.8, 4) is 11.5 Å². The van der Waals surface area contributed by atoms with Crippen LogP contribution in [-0.2, 0) is 9.47 Å². The van der Waals surface area contributed by atoms with Crippen LogP contribution >= 0.6 is 0 Å². The number of benzene rings is 3. The Morgan fingerprint density at radius 2 is 1.35 bits per heavy atom. The first kappa shape index (κ1) is 22.2. The Hall–Kier alpha value is -3.48. The van der Waals surface area contributed by atoms with Crippen LogP contribution in [0.4, 0.5) is 0 Å². The molecule has 1 unspecified atom stereocenters. The topological polar surface area (TPSA) is 71.1 Å². The lowest BCUT2D eigenvalue weighted by Gasteiger charge is -2.25. The van der Waals surface area contributed by atoms with E-state index in [0.29, 0.717) is 16.9 Å². The minimum atomic E-state index is -0.834. The Labute approximate surface area is 181 Å². The number of carbonyl (C=O) groups excluding carboxylic acids is 2. The molecule has 1 atom stereocenters. The van der Waals surface area contributed by atoms with Gasteiger partial charge in [-0.25, -0.2) is 4.79 Å². The van der Waals surface area contributed by atoms with E-state index in [1.807, 2.05) is 6.07 Å². The zero-order valence-electron chi connectivity index (χ0n) is 17.6. The number of hydrogen-bond acceptors (Lipinski definition) is 6. The summed E-state index contributed by atoms with van der Waals surface area (Å²) in [5.74, 6) is -0.783. The molecule has 31 heavy (non-hydrogen) atoms. The number of ether oxygens (including phenoxy) is 4. The van der Waals surface area contributed by atoms with E-state index in [1.165, 1.54) is 14.2 Å². The van der Waals surface area contributed by atoms with E-state index in [2.05, 4.69) is 0 Å². The fourth-order valence-electron chi connectivity index (χ4n) is 3.27. The molecule has 6 nitrogen and oxygen atoms in total.